The molecule has 6 heteroatoms. The molecular weight excluding hydrogens is 338 g/mol. The number of amides is 1. The Morgan fingerprint density at radius 2 is 1.70 bits per heavy atom. The summed E-state index contributed by atoms with van der Waals surface area (Å²) in [4.78, 5) is 30.2. The normalized spacial score (nSPS) is 14.6. The van der Waals surface area contributed by atoms with Crippen molar-refractivity contribution in [2.24, 2.45) is 0 Å². The van der Waals surface area contributed by atoms with E-state index >= 15 is 0 Å². The van der Waals surface area contributed by atoms with Gasteiger partial charge in [-0.1, -0.05) is 18.2 Å². The third kappa shape index (κ3) is 3.47. The molecule has 3 aromatic rings. The fourth-order valence-corrected chi connectivity index (χ4v) is 3.70. The molecule has 1 amide bonds. The topological polar surface area (TPSA) is 62.2 Å². The highest BCUT2D eigenvalue weighted by atomic mass is 16.2. The Kier molecular flexibility index (Phi) is 4.71. The summed E-state index contributed by atoms with van der Waals surface area (Å²) >= 11 is 0. The molecule has 1 fully saturated rings. The van der Waals surface area contributed by atoms with Gasteiger partial charge in [0.1, 0.15) is 0 Å². The maximum absolute atomic E-state index is 12.9. The van der Waals surface area contributed by atoms with Crippen LogP contribution >= 0.6 is 0 Å². The van der Waals surface area contributed by atoms with Crippen LogP contribution in [0.4, 0.5) is 5.95 Å². The molecule has 0 saturated carbocycles. The van der Waals surface area contributed by atoms with Crippen molar-refractivity contribution in [3.63, 3.8) is 0 Å². The molecule has 1 aliphatic rings. The second-order valence-corrected chi connectivity index (χ2v) is 6.91. The lowest BCUT2D eigenvalue weighted by Crippen LogP contribution is -2.49. The van der Waals surface area contributed by atoms with Gasteiger partial charge in [0.2, 0.25) is 11.9 Å². The Morgan fingerprint density at radius 3 is 2.44 bits per heavy atom. The molecule has 0 radical (unpaired) electrons. The summed E-state index contributed by atoms with van der Waals surface area (Å²) in [6, 6.07) is 9.92. The van der Waals surface area contributed by atoms with Crippen molar-refractivity contribution in [3.8, 4) is 0 Å². The molecule has 27 heavy (non-hydrogen) atoms. The van der Waals surface area contributed by atoms with E-state index in [1.165, 1.54) is 0 Å². The van der Waals surface area contributed by atoms with Crippen LogP contribution in [0.1, 0.15) is 16.8 Å². The molecule has 1 aromatic carbocycles. The molecule has 0 spiro atoms. The van der Waals surface area contributed by atoms with E-state index in [4.69, 9.17) is 4.98 Å². The van der Waals surface area contributed by atoms with Crippen molar-refractivity contribution in [2.45, 2.75) is 20.3 Å². The molecule has 138 valence electrons. The molecule has 0 atom stereocenters. The first kappa shape index (κ1) is 17.4. The van der Waals surface area contributed by atoms with Crippen LogP contribution in [0.5, 0.6) is 0 Å². The van der Waals surface area contributed by atoms with Gasteiger partial charge in [0.15, 0.2) is 0 Å². The predicted molar refractivity (Wildman–Crippen MR) is 106 cm³/mol. The summed E-state index contributed by atoms with van der Waals surface area (Å²) in [5.41, 5.74) is 4.13. The van der Waals surface area contributed by atoms with Crippen LogP contribution < -0.4 is 4.90 Å². The van der Waals surface area contributed by atoms with Crippen LogP contribution in [0.3, 0.4) is 0 Å². The van der Waals surface area contributed by atoms with Gasteiger partial charge in [-0.3, -0.25) is 9.78 Å². The molecule has 6 nitrogen and oxygen atoms in total. The molecule has 4 rings (SSSR count). The summed E-state index contributed by atoms with van der Waals surface area (Å²) in [5.74, 6) is 0.891. The molecule has 3 heterocycles. The number of aryl methyl sites for hydroxylation is 2. The van der Waals surface area contributed by atoms with Crippen LogP contribution in [0.2, 0.25) is 0 Å². The zero-order valence-electron chi connectivity index (χ0n) is 15.7. The highest BCUT2D eigenvalue weighted by Crippen LogP contribution is 2.23. The number of anilines is 1. The second-order valence-electron chi connectivity index (χ2n) is 6.91. The summed E-state index contributed by atoms with van der Waals surface area (Å²) in [6.07, 6.45) is 3.90. The molecule has 0 unspecified atom stereocenters. The number of carbonyl (C=O) groups excluding carboxylic acids is 1. The quantitative estimate of drug-likeness (QED) is 0.717. The number of pyridine rings is 1. The van der Waals surface area contributed by atoms with Crippen molar-refractivity contribution in [1.29, 1.82) is 0 Å². The van der Waals surface area contributed by atoms with Gasteiger partial charge in [0.05, 0.1) is 11.9 Å². The second kappa shape index (κ2) is 7.31. The number of para-hydroxylation sites is 1. The van der Waals surface area contributed by atoms with Gasteiger partial charge < -0.3 is 9.80 Å². The van der Waals surface area contributed by atoms with Gasteiger partial charge in [-0.05, 0) is 37.1 Å². The largest absolute Gasteiger partial charge is 0.339 e. The number of hydrogen-bond donors (Lipinski definition) is 0. The van der Waals surface area contributed by atoms with E-state index in [1.54, 1.807) is 12.4 Å². The third-order valence-corrected chi connectivity index (χ3v) is 5.28. The monoisotopic (exact) mass is 361 g/mol. The number of hydrogen-bond acceptors (Lipinski definition) is 5. The minimum Gasteiger partial charge on any atom is -0.339 e. The summed E-state index contributed by atoms with van der Waals surface area (Å²) < 4.78 is 0. The lowest BCUT2D eigenvalue weighted by molar-refractivity contribution is -0.130. The van der Waals surface area contributed by atoms with E-state index in [2.05, 4.69) is 27.9 Å². The molecule has 0 N–H and O–H groups in total. The Bertz CT molecular complexity index is 965. The van der Waals surface area contributed by atoms with E-state index < -0.39 is 0 Å². The highest BCUT2D eigenvalue weighted by Gasteiger charge is 2.23. The first-order valence-electron chi connectivity index (χ1n) is 9.28. The van der Waals surface area contributed by atoms with Gasteiger partial charge >= 0.3 is 0 Å². The molecule has 0 aliphatic carbocycles. The van der Waals surface area contributed by atoms with E-state index in [0.717, 1.165) is 46.8 Å². The Morgan fingerprint density at radius 1 is 1.00 bits per heavy atom. The van der Waals surface area contributed by atoms with E-state index in [9.17, 15) is 4.79 Å². The minimum absolute atomic E-state index is 0.159. The first-order chi connectivity index (χ1) is 13.1. The van der Waals surface area contributed by atoms with Crippen LogP contribution in [-0.4, -0.2) is 51.9 Å². The van der Waals surface area contributed by atoms with Gasteiger partial charge in [0.25, 0.3) is 0 Å². The van der Waals surface area contributed by atoms with Gasteiger partial charge in [0, 0.05) is 49.7 Å². The highest BCUT2D eigenvalue weighted by molar-refractivity contribution is 5.86. The fraction of sp³-hybridized carbons (Fsp3) is 0.333. The lowest BCUT2D eigenvalue weighted by atomic mass is 9.99. The number of benzene rings is 1. The Labute approximate surface area is 158 Å². The number of aromatic nitrogens is 3. The summed E-state index contributed by atoms with van der Waals surface area (Å²) in [6.45, 7) is 6.97. The van der Waals surface area contributed by atoms with Crippen molar-refractivity contribution in [2.75, 3.05) is 31.1 Å². The molecular formula is C21H23N5O. The number of carbonyl (C=O) groups is 1. The minimum atomic E-state index is 0.159. The van der Waals surface area contributed by atoms with E-state index in [0.29, 0.717) is 19.5 Å². The summed E-state index contributed by atoms with van der Waals surface area (Å²) in [7, 11) is 0. The average Bonchev–Trinajstić information content (AvgIpc) is 2.72. The number of rotatable bonds is 3. The number of fused-ring (bicyclic) bond motifs is 1. The first-order valence-corrected chi connectivity index (χ1v) is 9.28. The maximum atomic E-state index is 12.9. The smallest absolute Gasteiger partial charge is 0.227 e. The van der Waals surface area contributed by atoms with Gasteiger partial charge in [-0.15, -0.1) is 0 Å². The molecule has 2 aromatic heterocycles. The van der Waals surface area contributed by atoms with E-state index in [-0.39, 0.29) is 5.91 Å². The van der Waals surface area contributed by atoms with Crippen molar-refractivity contribution >= 4 is 22.8 Å². The molecule has 1 saturated heterocycles. The summed E-state index contributed by atoms with van der Waals surface area (Å²) in [5, 5.41) is 1.12. The van der Waals surface area contributed by atoms with Gasteiger partial charge in [-0.2, -0.15) is 0 Å². The zero-order chi connectivity index (χ0) is 18.8. The Hall–Kier alpha value is -3.02. The van der Waals surface area contributed by atoms with Crippen molar-refractivity contribution in [3.05, 3.63) is 59.5 Å². The SMILES string of the molecule is Cc1nc2ccccc2c(C)c1CC(=O)N1CCN(c2ncccn2)CC1. The van der Waals surface area contributed by atoms with Crippen LogP contribution in [0.15, 0.2) is 42.7 Å². The number of piperazine rings is 1. The maximum Gasteiger partial charge on any atom is 0.227 e. The van der Waals surface area contributed by atoms with Crippen molar-refractivity contribution < 1.29 is 4.79 Å². The molecule has 0 bridgehead atoms. The predicted octanol–water partition coefficient (Wildman–Crippen LogP) is 2.53. The van der Waals surface area contributed by atoms with Crippen molar-refractivity contribution in [1.82, 2.24) is 19.9 Å². The van der Waals surface area contributed by atoms with Gasteiger partial charge in [-0.25, -0.2) is 9.97 Å². The lowest BCUT2D eigenvalue weighted by Gasteiger charge is -2.34. The van der Waals surface area contributed by atoms with Crippen LogP contribution in [0, 0.1) is 13.8 Å². The van der Waals surface area contributed by atoms with Crippen LogP contribution in [0.25, 0.3) is 10.9 Å². The zero-order valence-corrected chi connectivity index (χ0v) is 15.7. The van der Waals surface area contributed by atoms with E-state index in [1.807, 2.05) is 36.1 Å². The number of nitrogens with zero attached hydrogens (tertiary/aromatic N) is 5. The third-order valence-electron chi connectivity index (χ3n) is 5.28. The standard InChI is InChI=1S/C21H23N5O/c1-15-17-6-3-4-7-19(17)24-16(2)18(15)14-20(27)25-10-12-26(13-11-25)21-22-8-5-9-23-21/h3-9H,10-14H2,1-2H3. The average molecular weight is 361 g/mol. The van der Waals surface area contributed by atoms with Crippen LogP contribution in [-0.2, 0) is 11.2 Å². The Balaban J connectivity index is 1.47. The fourth-order valence-electron chi connectivity index (χ4n) is 3.70. The molecule has 1 aliphatic heterocycles.